The number of hydrogen-bond acceptors (Lipinski definition) is 1. The van der Waals surface area contributed by atoms with Crippen LogP contribution in [0, 0.1) is 11.2 Å². The minimum Gasteiger partial charge on any atom is -0.314 e. The van der Waals surface area contributed by atoms with Crippen molar-refractivity contribution in [3.63, 3.8) is 0 Å². The SMILES string of the molecule is CC(C)NCC1(Cc2cc(F)ccc2Br)CCCCC1. The molecular weight excluding hydrogens is 317 g/mol. The van der Waals surface area contributed by atoms with Gasteiger partial charge in [0.15, 0.2) is 0 Å². The van der Waals surface area contributed by atoms with Gasteiger partial charge in [0, 0.05) is 17.1 Å². The Morgan fingerprint density at radius 1 is 1.25 bits per heavy atom. The number of halogens is 2. The highest BCUT2D eigenvalue weighted by molar-refractivity contribution is 9.10. The first-order valence-electron chi connectivity index (χ1n) is 7.68. The fourth-order valence-corrected chi connectivity index (χ4v) is 3.61. The first kappa shape index (κ1) is 16.0. The van der Waals surface area contributed by atoms with Crippen molar-refractivity contribution in [2.45, 2.75) is 58.4 Å². The van der Waals surface area contributed by atoms with Gasteiger partial charge in [-0.3, -0.25) is 0 Å². The molecule has 0 spiro atoms. The van der Waals surface area contributed by atoms with Gasteiger partial charge in [-0.25, -0.2) is 4.39 Å². The summed E-state index contributed by atoms with van der Waals surface area (Å²) in [5.74, 6) is -0.133. The van der Waals surface area contributed by atoms with Gasteiger partial charge in [-0.1, -0.05) is 49.0 Å². The molecular formula is C17H25BrFN. The van der Waals surface area contributed by atoms with Crippen LogP contribution in [0.15, 0.2) is 22.7 Å². The highest BCUT2D eigenvalue weighted by Crippen LogP contribution is 2.40. The predicted molar refractivity (Wildman–Crippen MR) is 86.5 cm³/mol. The second kappa shape index (κ2) is 7.04. The fraction of sp³-hybridized carbons (Fsp3) is 0.647. The van der Waals surface area contributed by atoms with Gasteiger partial charge in [0.05, 0.1) is 0 Å². The van der Waals surface area contributed by atoms with Gasteiger partial charge in [-0.15, -0.1) is 0 Å². The molecule has 1 aliphatic rings. The molecule has 0 heterocycles. The van der Waals surface area contributed by atoms with Crippen LogP contribution in [0.25, 0.3) is 0 Å². The van der Waals surface area contributed by atoms with E-state index in [1.54, 1.807) is 6.07 Å². The van der Waals surface area contributed by atoms with E-state index in [0.717, 1.165) is 23.0 Å². The summed E-state index contributed by atoms with van der Waals surface area (Å²) in [6, 6.07) is 5.55. The Hall–Kier alpha value is -0.410. The van der Waals surface area contributed by atoms with Crippen molar-refractivity contribution in [2.24, 2.45) is 5.41 Å². The van der Waals surface area contributed by atoms with Crippen LogP contribution < -0.4 is 5.32 Å². The zero-order valence-corrected chi connectivity index (χ0v) is 14.1. The number of nitrogens with one attached hydrogen (secondary N) is 1. The molecule has 1 fully saturated rings. The molecule has 0 bridgehead atoms. The van der Waals surface area contributed by atoms with Crippen molar-refractivity contribution in [3.8, 4) is 0 Å². The van der Waals surface area contributed by atoms with Gasteiger partial charge in [0.2, 0.25) is 0 Å². The lowest BCUT2D eigenvalue weighted by molar-refractivity contribution is 0.176. The minimum atomic E-state index is -0.133. The summed E-state index contributed by atoms with van der Waals surface area (Å²) in [6.45, 7) is 5.41. The Kier molecular flexibility index (Phi) is 5.62. The Labute approximate surface area is 130 Å². The maximum absolute atomic E-state index is 13.5. The summed E-state index contributed by atoms with van der Waals surface area (Å²) in [6.07, 6.45) is 7.39. The molecule has 3 heteroatoms. The van der Waals surface area contributed by atoms with E-state index in [-0.39, 0.29) is 5.82 Å². The summed E-state index contributed by atoms with van der Waals surface area (Å²) >= 11 is 3.57. The molecule has 1 aromatic carbocycles. The quantitative estimate of drug-likeness (QED) is 0.787. The van der Waals surface area contributed by atoms with Gasteiger partial charge < -0.3 is 5.32 Å². The Morgan fingerprint density at radius 2 is 1.95 bits per heavy atom. The second-order valence-electron chi connectivity index (χ2n) is 6.51. The molecule has 0 aromatic heterocycles. The minimum absolute atomic E-state index is 0.133. The predicted octanol–water partition coefficient (Wildman–Crippen LogP) is 5.08. The smallest absolute Gasteiger partial charge is 0.123 e. The lowest BCUT2D eigenvalue weighted by Gasteiger charge is -2.38. The third-order valence-corrected chi connectivity index (χ3v) is 5.15. The molecule has 0 atom stereocenters. The van der Waals surface area contributed by atoms with Crippen molar-refractivity contribution in [1.29, 1.82) is 0 Å². The molecule has 0 unspecified atom stereocenters. The van der Waals surface area contributed by atoms with Crippen LogP contribution in [0.4, 0.5) is 4.39 Å². The molecule has 0 aliphatic heterocycles. The Bertz CT molecular complexity index is 439. The van der Waals surface area contributed by atoms with E-state index >= 15 is 0 Å². The van der Waals surface area contributed by atoms with E-state index < -0.39 is 0 Å². The van der Waals surface area contributed by atoms with Gasteiger partial charge in [-0.05, 0) is 48.4 Å². The van der Waals surface area contributed by atoms with Gasteiger partial charge in [0.1, 0.15) is 5.82 Å². The number of rotatable bonds is 5. The van der Waals surface area contributed by atoms with Gasteiger partial charge in [-0.2, -0.15) is 0 Å². The lowest BCUT2D eigenvalue weighted by Crippen LogP contribution is -2.40. The summed E-state index contributed by atoms with van der Waals surface area (Å²) in [5, 5.41) is 3.60. The maximum atomic E-state index is 13.5. The largest absolute Gasteiger partial charge is 0.314 e. The summed E-state index contributed by atoms with van der Waals surface area (Å²) in [4.78, 5) is 0. The third kappa shape index (κ3) is 4.29. The molecule has 2 rings (SSSR count). The van der Waals surface area contributed by atoms with Crippen molar-refractivity contribution in [3.05, 3.63) is 34.1 Å². The van der Waals surface area contributed by atoms with Gasteiger partial charge >= 0.3 is 0 Å². The fourth-order valence-electron chi connectivity index (χ4n) is 3.22. The van der Waals surface area contributed by atoms with Crippen LogP contribution in [0.5, 0.6) is 0 Å². The molecule has 1 nitrogen and oxygen atoms in total. The van der Waals surface area contributed by atoms with Gasteiger partial charge in [0.25, 0.3) is 0 Å². The summed E-state index contributed by atoms with van der Waals surface area (Å²) in [5.41, 5.74) is 1.40. The van der Waals surface area contributed by atoms with Crippen LogP contribution >= 0.6 is 15.9 Å². The third-order valence-electron chi connectivity index (χ3n) is 4.37. The first-order chi connectivity index (χ1) is 9.51. The normalized spacial score (nSPS) is 18.4. The molecule has 0 saturated heterocycles. The molecule has 112 valence electrons. The van der Waals surface area contributed by atoms with Crippen molar-refractivity contribution < 1.29 is 4.39 Å². The highest BCUT2D eigenvalue weighted by Gasteiger charge is 2.32. The van der Waals surface area contributed by atoms with Crippen LogP contribution in [0.3, 0.4) is 0 Å². The van der Waals surface area contributed by atoms with Crippen LogP contribution in [-0.2, 0) is 6.42 Å². The molecule has 0 radical (unpaired) electrons. The summed E-state index contributed by atoms with van der Waals surface area (Å²) in [7, 11) is 0. The zero-order chi connectivity index (χ0) is 14.6. The standard InChI is InChI=1S/C17H25BrFN/c1-13(2)20-12-17(8-4-3-5-9-17)11-14-10-15(19)6-7-16(14)18/h6-7,10,13,20H,3-5,8-9,11-12H2,1-2H3. The Balaban J connectivity index is 2.16. The molecule has 1 aromatic rings. The zero-order valence-electron chi connectivity index (χ0n) is 12.5. The van der Waals surface area contributed by atoms with E-state index in [1.807, 2.05) is 6.07 Å². The first-order valence-corrected chi connectivity index (χ1v) is 8.47. The van der Waals surface area contributed by atoms with E-state index in [4.69, 9.17) is 0 Å². The molecule has 1 aliphatic carbocycles. The van der Waals surface area contributed by atoms with E-state index in [1.165, 1.54) is 38.2 Å². The van der Waals surface area contributed by atoms with Crippen LogP contribution in [0.2, 0.25) is 0 Å². The van der Waals surface area contributed by atoms with E-state index in [0.29, 0.717) is 11.5 Å². The lowest BCUT2D eigenvalue weighted by atomic mass is 9.70. The van der Waals surface area contributed by atoms with Crippen LogP contribution in [0.1, 0.15) is 51.5 Å². The monoisotopic (exact) mass is 341 g/mol. The maximum Gasteiger partial charge on any atom is 0.123 e. The van der Waals surface area contributed by atoms with Crippen molar-refractivity contribution in [1.82, 2.24) is 5.32 Å². The number of hydrogen-bond donors (Lipinski definition) is 1. The van der Waals surface area contributed by atoms with Crippen LogP contribution in [-0.4, -0.2) is 12.6 Å². The number of benzene rings is 1. The highest BCUT2D eigenvalue weighted by atomic mass is 79.9. The average Bonchev–Trinajstić information content (AvgIpc) is 2.42. The average molecular weight is 342 g/mol. The molecule has 1 N–H and O–H groups in total. The second-order valence-corrected chi connectivity index (χ2v) is 7.36. The molecule has 1 saturated carbocycles. The Morgan fingerprint density at radius 3 is 2.60 bits per heavy atom. The molecule has 20 heavy (non-hydrogen) atoms. The van der Waals surface area contributed by atoms with E-state index in [2.05, 4.69) is 35.1 Å². The molecule has 0 amide bonds. The van der Waals surface area contributed by atoms with Crippen molar-refractivity contribution in [2.75, 3.05) is 6.54 Å². The van der Waals surface area contributed by atoms with Crippen molar-refractivity contribution >= 4 is 15.9 Å². The summed E-state index contributed by atoms with van der Waals surface area (Å²) < 4.78 is 14.5. The topological polar surface area (TPSA) is 12.0 Å². The van der Waals surface area contributed by atoms with E-state index in [9.17, 15) is 4.39 Å².